The van der Waals surface area contributed by atoms with Gasteiger partial charge in [0.25, 0.3) is 11.8 Å². The Hall–Kier alpha value is -5.40. The average Bonchev–Trinajstić information content (AvgIpc) is 3.79. The van der Waals surface area contributed by atoms with E-state index in [0.717, 1.165) is 54.3 Å². The van der Waals surface area contributed by atoms with Gasteiger partial charge in [-0.05, 0) is 69.7 Å². The largest absolute Gasteiger partial charge is 0.527 e. The number of carboxylic acid groups (broad SMARTS) is 1. The molecule has 1 aromatic carbocycles. The van der Waals surface area contributed by atoms with E-state index in [1.165, 1.54) is 14.9 Å². The van der Waals surface area contributed by atoms with E-state index in [1.54, 1.807) is 6.92 Å². The van der Waals surface area contributed by atoms with Crippen molar-refractivity contribution in [2.75, 3.05) is 45.9 Å². The summed E-state index contributed by atoms with van der Waals surface area (Å²) in [5.74, 6) is -3.74. The molecule has 4 amide bonds. The fourth-order valence-corrected chi connectivity index (χ4v) is 6.19. The Kier molecular flexibility index (Phi) is 13.0. The van der Waals surface area contributed by atoms with Crippen molar-refractivity contribution < 1.29 is 61.4 Å². The van der Waals surface area contributed by atoms with E-state index >= 15 is 0 Å². The number of aliphatic carboxylic acids is 1. The third-order valence-corrected chi connectivity index (χ3v) is 9.29. The van der Waals surface area contributed by atoms with Crippen molar-refractivity contribution in [1.29, 1.82) is 0 Å². The molecular formula is C34H42F3N7O10. The predicted octanol–water partition coefficient (Wildman–Crippen LogP) is 2.13. The minimum atomic E-state index is -4.63. The Labute approximate surface area is 307 Å². The van der Waals surface area contributed by atoms with Crippen molar-refractivity contribution in [2.45, 2.75) is 76.2 Å². The van der Waals surface area contributed by atoms with E-state index < -0.39 is 66.7 Å². The fraction of sp³-hybridized carbons (Fsp3) is 0.559. The number of rotatable bonds is 14. The van der Waals surface area contributed by atoms with Crippen molar-refractivity contribution in [2.24, 2.45) is 0 Å². The number of ether oxygens (including phenoxy) is 2. The number of carbonyl (C=O) groups is 6. The molecule has 5 rings (SSSR count). The predicted molar refractivity (Wildman–Crippen MR) is 179 cm³/mol. The van der Waals surface area contributed by atoms with Gasteiger partial charge in [0.1, 0.15) is 12.1 Å². The lowest BCUT2D eigenvalue weighted by Gasteiger charge is -2.35. The Morgan fingerprint density at radius 2 is 1.69 bits per heavy atom. The number of carbonyl (C=O) groups excluding carboxylic acids is 5. The number of halogens is 3. The summed E-state index contributed by atoms with van der Waals surface area (Å²) >= 11 is 0. The van der Waals surface area contributed by atoms with Crippen LogP contribution >= 0.6 is 0 Å². The lowest BCUT2D eigenvalue weighted by Crippen LogP contribution is -2.55. The number of hydrogen-bond donors (Lipinski definition) is 3. The van der Waals surface area contributed by atoms with Gasteiger partial charge in [-0.3, -0.25) is 24.0 Å². The lowest BCUT2D eigenvalue weighted by atomic mass is 9.93. The summed E-state index contributed by atoms with van der Waals surface area (Å²) in [6, 6.07) is 3.00. The maximum Gasteiger partial charge on any atom is 0.527 e. The smallest absolute Gasteiger partial charge is 0.481 e. The third-order valence-electron chi connectivity index (χ3n) is 9.29. The van der Waals surface area contributed by atoms with Gasteiger partial charge in [-0.15, -0.1) is 5.06 Å². The molecule has 3 fully saturated rings. The van der Waals surface area contributed by atoms with Crippen LogP contribution in [0.2, 0.25) is 0 Å². The normalized spacial score (nSPS) is 18.3. The van der Waals surface area contributed by atoms with Gasteiger partial charge >= 0.3 is 18.3 Å². The molecule has 294 valence electrons. The van der Waals surface area contributed by atoms with E-state index in [1.807, 2.05) is 0 Å². The summed E-state index contributed by atoms with van der Waals surface area (Å²) in [6.45, 7) is 1.83. The second kappa shape index (κ2) is 17.6. The first-order valence-electron chi connectivity index (χ1n) is 17.6. The van der Waals surface area contributed by atoms with Crippen LogP contribution in [0.1, 0.15) is 67.9 Å². The number of nitrogens with zero attached hydrogens (tertiary/aromatic N) is 5. The van der Waals surface area contributed by atoms with Crippen molar-refractivity contribution >= 4 is 35.8 Å². The van der Waals surface area contributed by atoms with Crippen LogP contribution in [0.25, 0.3) is 5.69 Å². The van der Waals surface area contributed by atoms with Crippen LogP contribution in [0.4, 0.5) is 18.0 Å². The maximum absolute atomic E-state index is 13.6. The van der Waals surface area contributed by atoms with Gasteiger partial charge in [-0.2, -0.15) is 18.3 Å². The highest BCUT2D eigenvalue weighted by Gasteiger charge is 2.37. The highest BCUT2D eigenvalue weighted by atomic mass is 19.4. The standard InChI is InChI=1S/C34H42F3N7O10/c1-2-52-33(51)54-42-17-15-41(16-18-42)32(50)24(12-13-29(46)47)39-30(48)25-19-28(44(40-25)23-10-8-21(9-11-23)34(35,36)37)53-20-27(45)43-14-4-7-26(43)31(49)38-22-5-3-6-22/h8-11,19,22,24,26H,2-7,12-18,20H2,1H3,(H,38,49)(H,39,48)(H,46,47)/t24-,26-/m0/s1. The SMILES string of the molecule is CCOC(=O)ON1CCN(C(=O)[C@H](CCC(=O)O)NC(=O)c2cc(OCC(=O)N3CCC[C@H]3C(=O)NC3CCC3)n(-c3ccc(C(F)(F)F)cc3)n2)CC1. The van der Waals surface area contributed by atoms with Gasteiger partial charge in [0.15, 0.2) is 12.3 Å². The molecule has 0 spiro atoms. The zero-order valence-corrected chi connectivity index (χ0v) is 29.5. The molecule has 3 aliphatic rings. The highest BCUT2D eigenvalue weighted by Crippen LogP contribution is 2.31. The van der Waals surface area contributed by atoms with Gasteiger partial charge in [-0.25, -0.2) is 9.48 Å². The molecular weight excluding hydrogens is 723 g/mol. The molecule has 2 aliphatic heterocycles. The number of piperazine rings is 1. The number of benzene rings is 1. The molecule has 0 bridgehead atoms. The monoisotopic (exact) mass is 765 g/mol. The molecule has 1 aromatic heterocycles. The molecule has 2 aromatic rings. The van der Waals surface area contributed by atoms with Crippen molar-refractivity contribution in [3.8, 4) is 11.6 Å². The second-order valence-corrected chi connectivity index (χ2v) is 13.0. The molecule has 17 nitrogen and oxygen atoms in total. The van der Waals surface area contributed by atoms with Crippen molar-refractivity contribution in [1.82, 2.24) is 35.3 Å². The summed E-state index contributed by atoms with van der Waals surface area (Å²) in [6.07, 6.45) is -2.47. The minimum absolute atomic E-state index is 0.0461. The summed E-state index contributed by atoms with van der Waals surface area (Å²) in [5, 5.41) is 20.3. The second-order valence-electron chi connectivity index (χ2n) is 13.0. The molecule has 0 unspecified atom stereocenters. The molecule has 1 aliphatic carbocycles. The first-order chi connectivity index (χ1) is 25.7. The Bertz CT molecular complexity index is 1690. The highest BCUT2D eigenvalue weighted by molar-refractivity contribution is 5.96. The van der Waals surface area contributed by atoms with Crippen LogP contribution in [0.5, 0.6) is 5.88 Å². The van der Waals surface area contributed by atoms with E-state index in [0.29, 0.717) is 19.4 Å². The van der Waals surface area contributed by atoms with Crippen LogP contribution in [0.15, 0.2) is 30.3 Å². The number of hydrogen-bond acceptors (Lipinski definition) is 11. The number of amides is 4. The van der Waals surface area contributed by atoms with Gasteiger partial charge in [0.05, 0.1) is 30.9 Å². The molecule has 2 atom stereocenters. The Balaban J connectivity index is 1.31. The summed E-state index contributed by atoms with van der Waals surface area (Å²) in [7, 11) is 0. The zero-order valence-electron chi connectivity index (χ0n) is 29.5. The number of aromatic nitrogens is 2. The van der Waals surface area contributed by atoms with Gasteiger partial charge in [-0.1, -0.05) is 0 Å². The topological polar surface area (TPSA) is 202 Å². The number of likely N-dealkylation sites (tertiary alicyclic amines) is 1. The number of nitrogens with one attached hydrogen (secondary N) is 2. The maximum atomic E-state index is 13.6. The van der Waals surface area contributed by atoms with E-state index in [4.69, 9.17) is 14.3 Å². The molecule has 0 radical (unpaired) electrons. The van der Waals surface area contributed by atoms with E-state index in [-0.39, 0.29) is 68.4 Å². The molecule has 3 heterocycles. The third kappa shape index (κ3) is 10.2. The van der Waals surface area contributed by atoms with Gasteiger partial charge in [0, 0.05) is 38.2 Å². The minimum Gasteiger partial charge on any atom is -0.481 e. The van der Waals surface area contributed by atoms with Crippen LogP contribution in [0, 0.1) is 0 Å². The Morgan fingerprint density at radius 3 is 2.30 bits per heavy atom. The van der Waals surface area contributed by atoms with Gasteiger partial charge in [0.2, 0.25) is 17.7 Å². The Morgan fingerprint density at radius 1 is 0.981 bits per heavy atom. The summed E-state index contributed by atoms with van der Waals surface area (Å²) < 4.78 is 51.5. The van der Waals surface area contributed by atoms with Crippen molar-refractivity contribution in [3.63, 3.8) is 0 Å². The summed E-state index contributed by atoms with van der Waals surface area (Å²) in [5.41, 5.74) is -1.25. The van der Waals surface area contributed by atoms with E-state index in [9.17, 15) is 47.0 Å². The fourth-order valence-electron chi connectivity index (χ4n) is 6.19. The van der Waals surface area contributed by atoms with Crippen molar-refractivity contribution in [3.05, 3.63) is 41.6 Å². The summed E-state index contributed by atoms with van der Waals surface area (Å²) in [4.78, 5) is 84.2. The number of alkyl halides is 3. The molecule has 54 heavy (non-hydrogen) atoms. The first-order valence-corrected chi connectivity index (χ1v) is 17.6. The van der Waals surface area contributed by atoms with Gasteiger partial charge < -0.3 is 39.9 Å². The van der Waals surface area contributed by atoms with Crippen LogP contribution < -0.4 is 15.4 Å². The lowest BCUT2D eigenvalue weighted by molar-refractivity contribution is -0.157. The number of hydroxylamine groups is 2. The molecule has 1 saturated carbocycles. The van der Waals surface area contributed by atoms with Crippen LogP contribution in [-0.2, 0) is 34.9 Å². The van der Waals surface area contributed by atoms with E-state index in [2.05, 4.69) is 15.7 Å². The average molecular weight is 766 g/mol. The van der Waals surface area contributed by atoms with Crippen LogP contribution in [-0.4, -0.2) is 130 Å². The quantitative estimate of drug-likeness (QED) is 0.237. The molecule has 20 heteroatoms. The number of carboxylic acids is 1. The molecule has 2 saturated heterocycles. The van der Waals surface area contributed by atoms with Crippen LogP contribution in [0.3, 0.4) is 0 Å². The molecule has 3 N–H and O–H groups in total. The zero-order chi connectivity index (χ0) is 39.0. The first kappa shape index (κ1) is 39.8.